The third-order valence-electron chi connectivity index (χ3n) is 4.23. The normalized spacial score (nSPS) is 19.7. The molecular formula is C19H31NO3. The van der Waals surface area contributed by atoms with E-state index in [1.807, 2.05) is 13.8 Å². The van der Waals surface area contributed by atoms with Crippen LogP contribution in [0.2, 0.25) is 0 Å². The van der Waals surface area contributed by atoms with E-state index in [2.05, 4.69) is 36.1 Å². The number of nitrogens with zero attached hydrogens (tertiary/aromatic N) is 1. The highest BCUT2D eigenvalue weighted by atomic mass is 16.5. The van der Waals surface area contributed by atoms with Crippen LogP contribution in [0.1, 0.15) is 37.8 Å². The fourth-order valence-corrected chi connectivity index (χ4v) is 2.96. The van der Waals surface area contributed by atoms with Crippen molar-refractivity contribution in [1.29, 1.82) is 0 Å². The minimum Gasteiger partial charge on any atom is -0.389 e. The van der Waals surface area contributed by atoms with Crippen LogP contribution in [-0.2, 0) is 16.0 Å². The number of aryl methyl sites for hydroxylation is 1. The lowest BCUT2D eigenvalue weighted by atomic mass is 10.1. The van der Waals surface area contributed by atoms with E-state index >= 15 is 0 Å². The standard InChI is InChI=1S/C19H31NO3/c1-15(2)23-14-18(21)12-20(13-19-9-6-10-22-19)11-17-8-5-4-7-16(17)3/h4-5,7-8,15,18-19,21H,6,9-14H2,1-3H3/t18-,19-/m0/s1. The second kappa shape index (κ2) is 9.38. The van der Waals surface area contributed by atoms with Crippen molar-refractivity contribution in [2.24, 2.45) is 0 Å². The van der Waals surface area contributed by atoms with Gasteiger partial charge in [0.05, 0.1) is 24.9 Å². The second-order valence-corrected chi connectivity index (χ2v) is 6.79. The molecule has 2 atom stereocenters. The zero-order valence-electron chi connectivity index (χ0n) is 14.7. The minimum absolute atomic E-state index is 0.146. The first kappa shape index (κ1) is 18.4. The van der Waals surface area contributed by atoms with Gasteiger partial charge in [0.25, 0.3) is 0 Å². The number of benzene rings is 1. The summed E-state index contributed by atoms with van der Waals surface area (Å²) in [5, 5.41) is 10.3. The smallest absolute Gasteiger partial charge is 0.0900 e. The lowest BCUT2D eigenvalue weighted by Gasteiger charge is -2.28. The van der Waals surface area contributed by atoms with Crippen LogP contribution in [-0.4, -0.2) is 54.6 Å². The molecule has 1 aliphatic heterocycles. The van der Waals surface area contributed by atoms with Crippen LogP contribution in [0, 0.1) is 6.92 Å². The number of rotatable bonds is 9. The summed E-state index contributed by atoms with van der Waals surface area (Å²) >= 11 is 0. The van der Waals surface area contributed by atoms with Gasteiger partial charge in [0.2, 0.25) is 0 Å². The molecule has 0 spiro atoms. The van der Waals surface area contributed by atoms with Gasteiger partial charge in [0.15, 0.2) is 0 Å². The van der Waals surface area contributed by atoms with Crippen molar-refractivity contribution in [2.45, 2.75) is 58.5 Å². The van der Waals surface area contributed by atoms with Crippen LogP contribution >= 0.6 is 0 Å². The van der Waals surface area contributed by atoms with Gasteiger partial charge < -0.3 is 14.6 Å². The van der Waals surface area contributed by atoms with Gasteiger partial charge in [-0.05, 0) is 44.7 Å². The first-order chi connectivity index (χ1) is 11.0. The largest absolute Gasteiger partial charge is 0.389 e. The molecule has 1 aromatic carbocycles. The van der Waals surface area contributed by atoms with Crippen molar-refractivity contribution in [2.75, 3.05) is 26.3 Å². The molecular weight excluding hydrogens is 290 g/mol. The van der Waals surface area contributed by atoms with E-state index in [0.29, 0.717) is 13.2 Å². The Morgan fingerprint density at radius 3 is 2.78 bits per heavy atom. The first-order valence-corrected chi connectivity index (χ1v) is 8.72. The number of hydrogen-bond acceptors (Lipinski definition) is 4. The Bertz CT molecular complexity index is 458. The number of hydrogen-bond donors (Lipinski definition) is 1. The maximum atomic E-state index is 10.3. The molecule has 0 aromatic heterocycles. The van der Waals surface area contributed by atoms with E-state index in [4.69, 9.17) is 9.47 Å². The summed E-state index contributed by atoms with van der Waals surface area (Å²) in [6.45, 7) is 9.68. The Morgan fingerprint density at radius 1 is 1.35 bits per heavy atom. The van der Waals surface area contributed by atoms with Crippen molar-refractivity contribution in [1.82, 2.24) is 4.90 Å². The second-order valence-electron chi connectivity index (χ2n) is 6.79. The van der Waals surface area contributed by atoms with Gasteiger partial charge in [-0.2, -0.15) is 0 Å². The quantitative estimate of drug-likeness (QED) is 0.759. The highest BCUT2D eigenvalue weighted by Gasteiger charge is 2.21. The molecule has 1 N–H and O–H groups in total. The molecule has 4 nitrogen and oxygen atoms in total. The van der Waals surface area contributed by atoms with Crippen molar-refractivity contribution >= 4 is 0 Å². The van der Waals surface area contributed by atoms with E-state index < -0.39 is 6.10 Å². The monoisotopic (exact) mass is 321 g/mol. The van der Waals surface area contributed by atoms with Crippen LogP contribution in [0.3, 0.4) is 0 Å². The van der Waals surface area contributed by atoms with Crippen molar-refractivity contribution in [3.63, 3.8) is 0 Å². The Labute approximate surface area is 140 Å². The van der Waals surface area contributed by atoms with Crippen molar-refractivity contribution in [3.05, 3.63) is 35.4 Å². The lowest BCUT2D eigenvalue weighted by Crippen LogP contribution is -2.39. The lowest BCUT2D eigenvalue weighted by molar-refractivity contribution is -0.0172. The van der Waals surface area contributed by atoms with Crippen LogP contribution in [0.5, 0.6) is 0 Å². The predicted octanol–water partition coefficient (Wildman–Crippen LogP) is 2.76. The first-order valence-electron chi connectivity index (χ1n) is 8.72. The number of aliphatic hydroxyl groups excluding tert-OH is 1. The van der Waals surface area contributed by atoms with Gasteiger partial charge in [-0.25, -0.2) is 0 Å². The summed E-state index contributed by atoms with van der Waals surface area (Å²) in [5.74, 6) is 0. The molecule has 0 aliphatic carbocycles. The Morgan fingerprint density at radius 2 is 2.13 bits per heavy atom. The molecule has 0 unspecified atom stereocenters. The zero-order chi connectivity index (χ0) is 16.7. The zero-order valence-corrected chi connectivity index (χ0v) is 14.7. The van der Waals surface area contributed by atoms with Crippen molar-refractivity contribution in [3.8, 4) is 0 Å². The predicted molar refractivity (Wildman–Crippen MR) is 92.5 cm³/mol. The van der Waals surface area contributed by atoms with Crippen LogP contribution in [0.4, 0.5) is 0 Å². The molecule has 2 rings (SSSR count). The summed E-state index contributed by atoms with van der Waals surface area (Å²) in [5.41, 5.74) is 2.60. The molecule has 0 bridgehead atoms. The molecule has 4 heteroatoms. The van der Waals surface area contributed by atoms with Crippen molar-refractivity contribution < 1.29 is 14.6 Å². The summed E-state index contributed by atoms with van der Waals surface area (Å²) in [6.07, 6.45) is 2.22. The Balaban J connectivity index is 1.94. The maximum Gasteiger partial charge on any atom is 0.0900 e. The van der Waals surface area contributed by atoms with E-state index in [-0.39, 0.29) is 12.2 Å². The highest BCUT2D eigenvalue weighted by Crippen LogP contribution is 2.17. The van der Waals surface area contributed by atoms with Crippen LogP contribution in [0.15, 0.2) is 24.3 Å². The highest BCUT2D eigenvalue weighted by molar-refractivity contribution is 5.25. The molecule has 130 valence electrons. The SMILES string of the molecule is Cc1ccccc1CN(C[C@H](O)COC(C)C)C[C@@H]1CCCO1. The van der Waals surface area contributed by atoms with E-state index in [1.54, 1.807) is 0 Å². The summed E-state index contributed by atoms with van der Waals surface area (Å²) in [6, 6.07) is 8.44. The van der Waals surface area contributed by atoms with Gasteiger partial charge >= 0.3 is 0 Å². The van der Waals surface area contributed by atoms with E-state index in [1.165, 1.54) is 11.1 Å². The molecule has 0 radical (unpaired) electrons. The van der Waals surface area contributed by atoms with Gasteiger partial charge in [0, 0.05) is 26.2 Å². The van der Waals surface area contributed by atoms with Gasteiger partial charge in [-0.3, -0.25) is 4.90 Å². The van der Waals surface area contributed by atoms with Crippen LogP contribution < -0.4 is 0 Å². The molecule has 0 saturated carbocycles. The van der Waals surface area contributed by atoms with E-state index in [0.717, 1.165) is 32.5 Å². The molecule has 1 aliphatic rings. The summed E-state index contributed by atoms with van der Waals surface area (Å²) < 4.78 is 11.3. The molecule has 1 aromatic rings. The Kier molecular flexibility index (Phi) is 7.50. The van der Waals surface area contributed by atoms with Gasteiger partial charge in [0.1, 0.15) is 0 Å². The topological polar surface area (TPSA) is 41.9 Å². The fourth-order valence-electron chi connectivity index (χ4n) is 2.96. The summed E-state index contributed by atoms with van der Waals surface area (Å²) in [4.78, 5) is 2.30. The molecule has 1 heterocycles. The van der Waals surface area contributed by atoms with Gasteiger partial charge in [-0.1, -0.05) is 24.3 Å². The molecule has 1 fully saturated rings. The molecule has 0 amide bonds. The number of ether oxygens (including phenoxy) is 2. The average Bonchev–Trinajstić information content (AvgIpc) is 3.00. The Hall–Kier alpha value is -0.940. The third-order valence-corrected chi connectivity index (χ3v) is 4.23. The fraction of sp³-hybridized carbons (Fsp3) is 0.684. The number of aliphatic hydroxyl groups is 1. The van der Waals surface area contributed by atoms with Gasteiger partial charge in [-0.15, -0.1) is 0 Å². The maximum absolute atomic E-state index is 10.3. The third kappa shape index (κ3) is 6.60. The summed E-state index contributed by atoms with van der Waals surface area (Å²) in [7, 11) is 0. The minimum atomic E-state index is -0.470. The van der Waals surface area contributed by atoms with E-state index in [9.17, 15) is 5.11 Å². The molecule has 23 heavy (non-hydrogen) atoms. The van der Waals surface area contributed by atoms with Crippen LogP contribution in [0.25, 0.3) is 0 Å². The average molecular weight is 321 g/mol. The molecule has 1 saturated heterocycles.